The van der Waals surface area contributed by atoms with Crippen LogP contribution in [0.2, 0.25) is 0 Å². The Morgan fingerprint density at radius 1 is 0.840 bits per heavy atom. The zero-order valence-corrected chi connectivity index (χ0v) is 15.9. The fourth-order valence-electron chi connectivity index (χ4n) is 3.49. The van der Waals surface area contributed by atoms with E-state index >= 15 is 0 Å². The first-order valence-electron chi connectivity index (χ1n) is 8.12. The molecule has 0 aromatic heterocycles. The molecule has 4 heteroatoms. The van der Waals surface area contributed by atoms with Gasteiger partial charge in [-0.25, -0.2) is 9.59 Å². The van der Waals surface area contributed by atoms with Gasteiger partial charge in [-0.1, -0.05) is 17.7 Å². The number of carbonyl (C=O) groups is 2. The first-order valence-corrected chi connectivity index (χ1v) is 8.12. The molecule has 0 fully saturated rings. The van der Waals surface area contributed by atoms with Crippen LogP contribution in [0.3, 0.4) is 0 Å². The molecule has 0 unspecified atom stereocenters. The Balaban J connectivity index is 2.96. The highest BCUT2D eigenvalue weighted by Crippen LogP contribution is 2.43. The summed E-state index contributed by atoms with van der Waals surface area (Å²) in [7, 11) is 2.59. The lowest BCUT2D eigenvalue weighted by Gasteiger charge is -2.10. The number of carbonyl (C=O) groups excluding carboxylic acids is 2. The summed E-state index contributed by atoms with van der Waals surface area (Å²) in [6, 6.07) is 4.22. The van der Waals surface area contributed by atoms with E-state index in [2.05, 4.69) is 19.1 Å². The smallest absolute Gasteiger partial charge is 0.338 e. The highest BCUT2D eigenvalue weighted by atomic mass is 16.5. The lowest BCUT2D eigenvalue weighted by molar-refractivity contribution is -0.136. The van der Waals surface area contributed by atoms with Gasteiger partial charge >= 0.3 is 11.9 Å². The summed E-state index contributed by atoms with van der Waals surface area (Å²) in [6.07, 6.45) is 1.21. The van der Waals surface area contributed by atoms with Crippen molar-refractivity contribution >= 4 is 17.5 Å². The molecule has 0 aromatic carbocycles. The number of ether oxygens (including phenoxy) is 2. The van der Waals surface area contributed by atoms with Crippen molar-refractivity contribution in [2.24, 2.45) is 0 Å². The standard InChI is InChI=1S/C21H24O4/c1-11-8-12(2)18-14(4)15(5)20(19(18)13(3)9-11)16(21(23)25-7)10-17(22)24-6/h8-10H,1-7H3/b16-10-. The molecule has 0 aliphatic heterocycles. The van der Waals surface area contributed by atoms with E-state index in [0.717, 1.165) is 44.5 Å². The molecule has 2 aliphatic rings. The van der Waals surface area contributed by atoms with E-state index in [4.69, 9.17) is 9.47 Å². The second-order valence-corrected chi connectivity index (χ2v) is 6.35. The van der Waals surface area contributed by atoms with Gasteiger partial charge in [-0.05, 0) is 68.0 Å². The summed E-state index contributed by atoms with van der Waals surface area (Å²) in [5.41, 5.74) is 8.43. The molecular formula is C21H24O4. The SMILES string of the molecule is COC(=O)/C=C(\C(=O)OC)c1c(C)c(C)c2c(C)cc(C)cc(C)c1-2. The predicted molar refractivity (Wildman–Crippen MR) is 98.8 cm³/mol. The summed E-state index contributed by atoms with van der Waals surface area (Å²) >= 11 is 0. The Labute approximate surface area is 148 Å². The second kappa shape index (κ2) is 7.09. The summed E-state index contributed by atoms with van der Waals surface area (Å²) in [5, 5.41) is 0. The largest absolute Gasteiger partial charge is 0.466 e. The Kier molecular flexibility index (Phi) is 5.31. The van der Waals surface area contributed by atoms with E-state index in [9.17, 15) is 9.59 Å². The number of hydrogen-bond donors (Lipinski definition) is 0. The van der Waals surface area contributed by atoms with Crippen molar-refractivity contribution in [2.45, 2.75) is 34.6 Å². The van der Waals surface area contributed by atoms with Crippen LogP contribution in [0.4, 0.5) is 0 Å². The topological polar surface area (TPSA) is 52.6 Å². The van der Waals surface area contributed by atoms with Crippen LogP contribution in [0, 0.1) is 34.6 Å². The maximum absolute atomic E-state index is 12.4. The zero-order valence-electron chi connectivity index (χ0n) is 15.9. The van der Waals surface area contributed by atoms with Gasteiger partial charge in [-0.15, -0.1) is 0 Å². The molecule has 0 heterocycles. The van der Waals surface area contributed by atoms with Crippen LogP contribution in [0.25, 0.3) is 16.7 Å². The van der Waals surface area contributed by atoms with E-state index in [0.29, 0.717) is 0 Å². The summed E-state index contributed by atoms with van der Waals surface area (Å²) < 4.78 is 9.65. The van der Waals surface area contributed by atoms with Gasteiger partial charge in [0.15, 0.2) is 0 Å². The number of methoxy groups -OCH3 is 2. The summed E-state index contributed by atoms with van der Waals surface area (Å²) in [5.74, 6) is -1.14. The van der Waals surface area contributed by atoms with Gasteiger partial charge in [0.1, 0.15) is 0 Å². The molecule has 0 saturated carbocycles. The molecule has 0 spiro atoms. The number of esters is 2. The van der Waals surface area contributed by atoms with Crippen LogP contribution in [-0.2, 0) is 19.1 Å². The van der Waals surface area contributed by atoms with E-state index in [1.807, 2.05) is 27.7 Å². The van der Waals surface area contributed by atoms with E-state index in [1.54, 1.807) is 0 Å². The first kappa shape index (κ1) is 18.7. The van der Waals surface area contributed by atoms with Crippen LogP contribution >= 0.6 is 0 Å². The average molecular weight is 340 g/mol. The van der Waals surface area contributed by atoms with Gasteiger partial charge in [0.2, 0.25) is 0 Å². The molecule has 0 amide bonds. The third kappa shape index (κ3) is 3.29. The number of aryl methyl sites for hydroxylation is 3. The van der Waals surface area contributed by atoms with E-state index < -0.39 is 11.9 Å². The quantitative estimate of drug-likeness (QED) is 0.624. The average Bonchev–Trinajstić information content (AvgIpc) is 2.76. The van der Waals surface area contributed by atoms with Gasteiger partial charge in [0.05, 0.1) is 19.8 Å². The van der Waals surface area contributed by atoms with Gasteiger partial charge in [0, 0.05) is 11.6 Å². The van der Waals surface area contributed by atoms with E-state index in [1.165, 1.54) is 20.3 Å². The molecule has 0 N–H and O–H groups in total. The van der Waals surface area contributed by atoms with Crippen molar-refractivity contribution in [3.63, 3.8) is 0 Å². The Bertz CT molecular complexity index is 859. The van der Waals surface area contributed by atoms with Crippen molar-refractivity contribution in [2.75, 3.05) is 14.2 Å². The minimum Gasteiger partial charge on any atom is -0.466 e. The van der Waals surface area contributed by atoms with Crippen molar-refractivity contribution in [1.82, 2.24) is 0 Å². The van der Waals surface area contributed by atoms with Crippen molar-refractivity contribution in [1.29, 1.82) is 0 Å². The summed E-state index contributed by atoms with van der Waals surface area (Å²) in [6.45, 7) is 10.1. The van der Waals surface area contributed by atoms with Crippen molar-refractivity contribution in [3.8, 4) is 11.1 Å². The molecule has 2 aliphatic carbocycles. The summed E-state index contributed by atoms with van der Waals surface area (Å²) in [4.78, 5) is 24.2. The third-order valence-electron chi connectivity index (χ3n) is 4.63. The number of fused-ring (bicyclic) bond motifs is 1. The van der Waals surface area contributed by atoms with Crippen LogP contribution < -0.4 is 0 Å². The van der Waals surface area contributed by atoms with Crippen molar-refractivity contribution in [3.05, 3.63) is 51.6 Å². The second-order valence-electron chi connectivity index (χ2n) is 6.35. The van der Waals surface area contributed by atoms with Crippen molar-refractivity contribution < 1.29 is 19.1 Å². The van der Waals surface area contributed by atoms with Crippen LogP contribution in [0.5, 0.6) is 0 Å². The lowest BCUT2D eigenvalue weighted by Crippen LogP contribution is -2.08. The molecule has 0 radical (unpaired) electrons. The van der Waals surface area contributed by atoms with Crippen LogP contribution in [-0.4, -0.2) is 26.2 Å². The van der Waals surface area contributed by atoms with Gasteiger partial charge in [-0.3, -0.25) is 0 Å². The highest BCUT2D eigenvalue weighted by Gasteiger charge is 2.27. The molecule has 2 rings (SSSR count). The minimum absolute atomic E-state index is 0.219. The first-order chi connectivity index (χ1) is 11.7. The Hall–Kier alpha value is -2.62. The molecule has 0 atom stereocenters. The molecule has 0 aromatic rings. The normalized spacial score (nSPS) is 11.6. The number of hydrogen-bond acceptors (Lipinski definition) is 4. The molecular weight excluding hydrogens is 316 g/mol. The van der Waals surface area contributed by atoms with Crippen LogP contribution in [0.15, 0.2) is 18.2 Å². The Morgan fingerprint density at radius 2 is 1.40 bits per heavy atom. The van der Waals surface area contributed by atoms with Gasteiger partial charge in [0.25, 0.3) is 0 Å². The monoisotopic (exact) mass is 340 g/mol. The fraction of sp³-hybridized carbons (Fsp3) is 0.333. The molecule has 0 saturated heterocycles. The fourth-order valence-corrected chi connectivity index (χ4v) is 3.49. The van der Waals surface area contributed by atoms with Gasteiger partial charge < -0.3 is 9.47 Å². The Morgan fingerprint density at radius 3 is 1.92 bits per heavy atom. The number of rotatable bonds is 3. The highest BCUT2D eigenvalue weighted by molar-refractivity contribution is 6.23. The van der Waals surface area contributed by atoms with Crippen LogP contribution in [0.1, 0.15) is 33.4 Å². The minimum atomic E-state index is -0.585. The maximum Gasteiger partial charge on any atom is 0.338 e. The molecule has 25 heavy (non-hydrogen) atoms. The third-order valence-corrected chi connectivity index (χ3v) is 4.63. The van der Waals surface area contributed by atoms with Gasteiger partial charge in [-0.2, -0.15) is 0 Å². The molecule has 132 valence electrons. The zero-order chi connectivity index (χ0) is 18.9. The maximum atomic E-state index is 12.4. The van der Waals surface area contributed by atoms with E-state index in [-0.39, 0.29) is 5.57 Å². The predicted octanol–water partition coefficient (Wildman–Crippen LogP) is 4.06. The molecule has 0 bridgehead atoms. The lowest BCUT2D eigenvalue weighted by atomic mass is 9.95. The molecule has 4 nitrogen and oxygen atoms in total.